The van der Waals surface area contributed by atoms with Crippen LogP contribution >= 0.6 is 0 Å². The minimum atomic E-state index is -4.62. The molecule has 0 spiro atoms. The van der Waals surface area contributed by atoms with E-state index in [0.717, 1.165) is 19.3 Å². The minimum absolute atomic E-state index is 0. The molecule has 0 saturated heterocycles. The topological polar surface area (TPSA) is 66.4 Å². The maximum absolute atomic E-state index is 11.0. The van der Waals surface area contributed by atoms with E-state index in [2.05, 4.69) is 30.2 Å². The van der Waals surface area contributed by atoms with Crippen LogP contribution in [-0.4, -0.2) is 19.6 Å². The van der Waals surface area contributed by atoms with E-state index >= 15 is 0 Å². The average Bonchev–Trinajstić information content (AvgIpc) is 2.94. The monoisotopic (exact) mass is 622 g/mol. The molecule has 246 valence electrons. The number of hydrogen-bond donors (Lipinski definition) is 0. The van der Waals surface area contributed by atoms with Crippen LogP contribution in [0.1, 0.15) is 206 Å². The van der Waals surface area contributed by atoms with Crippen molar-refractivity contribution in [1.82, 2.24) is 0 Å². The maximum Gasteiger partial charge on any atom is 1.00 e. The van der Waals surface area contributed by atoms with Crippen LogP contribution in [0, 0.1) is 5.92 Å². The number of hydrogen-bond acceptors (Lipinski definition) is 4. The van der Waals surface area contributed by atoms with Gasteiger partial charge in [0.05, 0.1) is 6.61 Å². The normalized spacial score (nSPS) is 12.6. The Morgan fingerprint density at radius 3 is 1.17 bits per heavy atom. The van der Waals surface area contributed by atoms with Crippen LogP contribution in [-0.2, 0) is 14.6 Å². The van der Waals surface area contributed by atoms with Crippen molar-refractivity contribution >= 4 is 10.4 Å². The van der Waals surface area contributed by atoms with Crippen LogP contribution in [0.4, 0.5) is 0 Å². The van der Waals surface area contributed by atoms with E-state index in [-0.39, 0.29) is 42.1 Å². The summed E-state index contributed by atoms with van der Waals surface area (Å²) in [6.45, 7) is 4.53. The van der Waals surface area contributed by atoms with E-state index in [4.69, 9.17) is 0 Å². The fourth-order valence-corrected chi connectivity index (χ4v) is 6.09. The Balaban J connectivity index is 0. The van der Waals surface area contributed by atoms with Crippen LogP contribution < -0.4 is 29.6 Å². The quantitative estimate of drug-likeness (QED) is 0.0236. The van der Waals surface area contributed by atoms with Crippen molar-refractivity contribution < 1.29 is 46.7 Å². The molecule has 0 fully saturated rings. The molecule has 4 nitrogen and oxygen atoms in total. The van der Waals surface area contributed by atoms with Gasteiger partial charge in [0.15, 0.2) is 0 Å². The number of allylic oxidation sites excluding steroid dienone is 1. The third-order valence-corrected chi connectivity index (χ3v) is 8.91. The molecular formula is C36H71NaO4S. The first-order chi connectivity index (χ1) is 20.0. The Labute approximate surface area is 286 Å². The van der Waals surface area contributed by atoms with Crippen molar-refractivity contribution in [2.75, 3.05) is 6.61 Å². The minimum Gasteiger partial charge on any atom is -0.726 e. The second-order valence-corrected chi connectivity index (χ2v) is 13.7. The van der Waals surface area contributed by atoms with Gasteiger partial charge >= 0.3 is 29.6 Å². The molecule has 0 aliphatic rings. The van der Waals surface area contributed by atoms with Crippen LogP contribution in [0.25, 0.3) is 0 Å². The number of unbranched alkanes of at least 4 members (excludes halogenated alkanes) is 27. The van der Waals surface area contributed by atoms with Crippen LogP contribution in [0.2, 0.25) is 0 Å². The van der Waals surface area contributed by atoms with Gasteiger partial charge in [0.1, 0.15) is 0 Å². The second-order valence-electron chi connectivity index (χ2n) is 12.7. The Kier molecular flexibility index (Phi) is 38.4. The summed E-state index contributed by atoms with van der Waals surface area (Å²) in [4.78, 5) is 0. The molecule has 42 heavy (non-hydrogen) atoms. The SMILES string of the molecule is CCCCCCCCCCCCCCC/C=C/C(CCCCCCCCCCCCCCCCC)COS(=O)(=O)[O-].[Na+]. The van der Waals surface area contributed by atoms with Gasteiger partial charge in [-0.2, -0.15) is 0 Å². The third kappa shape index (κ3) is 38.6. The summed E-state index contributed by atoms with van der Waals surface area (Å²) in [6.07, 6.45) is 43.8. The molecule has 0 amide bonds. The molecule has 0 bridgehead atoms. The summed E-state index contributed by atoms with van der Waals surface area (Å²) in [7, 11) is -4.62. The van der Waals surface area contributed by atoms with Gasteiger partial charge in [-0.3, -0.25) is 4.18 Å². The van der Waals surface area contributed by atoms with Gasteiger partial charge < -0.3 is 4.55 Å². The average molecular weight is 623 g/mol. The van der Waals surface area contributed by atoms with Gasteiger partial charge in [0, 0.05) is 5.92 Å². The van der Waals surface area contributed by atoms with E-state index in [1.54, 1.807) is 0 Å². The molecule has 0 aromatic heterocycles. The van der Waals surface area contributed by atoms with Crippen molar-refractivity contribution in [3.8, 4) is 0 Å². The van der Waals surface area contributed by atoms with Crippen LogP contribution in [0.3, 0.4) is 0 Å². The molecule has 1 atom stereocenters. The summed E-state index contributed by atoms with van der Waals surface area (Å²) in [5.41, 5.74) is 0. The summed E-state index contributed by atoms with van der Waals surface area (Å²) < 4.78 is 37.5. The van der Waals surface area contributed by atoms with E-state index in [9.17, 15) is 13.0 Å². The fraction of sp³-hybridized carbons (Fsp3) is 0.944. The van der Waals surface area contributed by atoms with Gasteiger partial charge in [-0.05, 0) is 19.3 Å². The van der Waals surface area contributed by atoms with Gasteiger partial charge in [0.25, 0.3) is 0 Å². The first-order valence-corrected chi connectivity index (χ1v) is 19.6. The molecule has 0 aliphatic heterocycles. The summed E-state index contributed by atoms with van der Waals surface area (Å²) >= 11 is 0. The Bertz CT molecular complexity index is 638. The van der Waals surface area contributed by atoms with E-state index < -0.39 is 10.4 Å². The molecule has 1 unspecified atom stereocenters. The van der Waals surface area contributed by atoms with Gasteiger partial charge in [-0.25, -0.2) is 8.42 Å². The van der Waals surface area contributed by atoms with Gasteiger partial charge in [-0.1, -0.05) is 199 Å². The third-order valence-electron chi connectivity index (χ3n) is 8.49. The van der Waals surface area contributed by atoms with Gasteiger partial charge in [-0.15, -0.1) is 0 Å². The van der Waals surface area contributed by atoms with Crippen LogP contribution in [0.15, 0.2) is 12.2 Å². The Morgan fingerprint density at radius 1 is 0.524 bits per heavy atom. The van der Waals surface area contributed by atoms with Crippen molar-refractivity contribution in [2.24, 2.45) is 5.92 Å². The Hall–Kier alpha value is 0.610. The van der Waals surface area contributed by atoms with E-state index in [1.807, 2.05) is 0 Å². The first kappa shape index (κ1) is 44.7. The molecular weight excluding hydrogens is 551 g/mol. The summed E-state index contributed by atoms with van der Waals surface area (Å²) in [5.74, 6) is 0.0164. The molecule has 0 N–H and O–H groups in total. The zero-order chi connectivity index (χ0) is 30.1. The smallest absolute Gasteiger partial charge is 0.726 e. The molecule has 6 heteroatoms. The first-order valence-electron chi connectivity index (χ1n) is 18.3. The number of rotatable bonds is 34. The molecule has 0 aliphatic carbocycles. The molecule has 0 heterocycles. The van der Waals surface area contributed by atoms with Gasteiger partial charge in [0.2, 0.25) is 10.4 Å². The molecule has 0 saturated carbocycles. The summed E-state index contributed by atoms with van der Waals surface area (Å²) in [5, 5.41) is 0. The van der Waals surface area contributed by atoms with E-state index in [0.29, 0.717) is 0 Å². The van der Waals surface area contributed by atoms with Crippen LogP contribution in [0.5, 0.6) is 0 Å². The standard InChI is InChI=1S/C36H72O4S.Na/c1-3-5-7-9-11-13-15-17-19-21-23-25-27-29-31-33-36(35-40-41(37,38)39)34-32-30-28-26-24-22-20-18-16-14-12-10-8-6-4-2;/h31,33,36H,3-30,32,34-35H2,1-2H3,(H,37,38,39);/q;+1/p-1/b33-31+;. The molecule has 0 radical (unpaired) electrons. The predicted molar refractivity (Wildman–Crippen MR) is 178 cm³/mol. The van der Waals surface area contributed by atoms with E-state index in [1.165, 1.54) is 173 Å². The Morgan fingerprint density at radius 2 is 0.833 bits per heavy atom. The largest absolute Gasteiger partial charge is 1.00 e. The second kappa shape index (κ2) is 36.1. The van der Waals surface area contributed by atoms with Crippen molar-refractivity contribution in [3.63, 3.8) is 0 Å². The zero-order valence-corrected chi connectivity index (χ0v) is 31.5. The molecule has 0 aromatic rings. The molecule has 0 rings (SSSR count). The van der Waals surface area contributed by atoms with Crippen molar-refractivity contribution in [1.29, 1.82) is 0 Å². The predicted octanol–water partition coefficient (Wildman–Crippen LogP) is 9.38. The molecule has 0 aromatic carbocycles. The fourth-order valence-electron chi connectivity index (χ4n) is 5.75. The zero-order valence-electron chi connectivity index (χ0n) is 28.7. The summed E-state index contributed by atoms with van der Waals surface area (Å²) in [6, 6.07) is 0. The maximum atomic E-state index is 11.0. The van der Waals surface area contributed by atoms with Crippen molar-refractivity contribution in [2.45, 2.75) is 206 Å². The van der Waals surface area contributed by atoms with Crippen molar-refractivity contribution in [3.05, 3.63) is 12.2 Å².